The topological polar surface area (TPSA) is 38.8 Å². The van der Waals surface area contributed by atoms with Crippen LogP contribution in [0.3, 0.4) is 0 Å². The van der Waals surface area contributed by atoms with Crippen LogP contribution in [0.2, 0.25) is 0 Å². The van der Waals surface area contributed by atoms with Crippen LogP contribution in [0, 0.1) is 0 Å². The summed E-state index contributed by atoms with van der Waals surface area (Å²) in [5, 5.41) is 0. The first-order valence-corrected chi connectivity index (χ1v) is 5.91. The van der Waals surface area contributed by atoms with Gasteiger partial charge in [0, 0.05) is 18.0 Å². The summed E-state index contributed by atoms with van der Waals surface area (Å²) >= 11 is 4.25. The quantitative estimate of drug-likeness (QED) is 0.642. The largest absolute Gasteiger partial charge is 0.465 e. The van der Waals surface area contributed by atoms with Crippen LogP contribution in [0.5, 0.6) is 0 Å². The van der Waals surface area contributed by atoms with Crippen molar-refractivity contribution in [1.82, 2.24) is 0 Å². The minimum Gasteiger partial charge on any atom is -0.465 e. The minimum absolute atomic E-state index is 0.331. The maximum atomic E-state index is 11.7. The monoisotopic (exact) mass is 253 g/mol. The molecule has 92 valence electrons. The maximum Gasteiger partial charge on any atom is 0.340 e. The Kier molecular flexibility index (Phi) is 3.91. The molecule has 1 aliphatic heterocycles. The number of benzene rings is 1. The number of rotatable bonds is 2. The van der Waals surface area contributed by atoms with E-state index >= 15 is 0 Å². The molecule has 2 rings (SSSR count). The molecule has 1 aromatic rings. The number of thiol groups is 1. The number of methoxy groups -OCH3 is 1. The van der Waals surface area contributed by atoms with Crippen molar-refractivity contribution in [3.63, 3.8) is 0 Å². The molecule has 0 spiro atoms. The molecular weight excluding hydrogens is 238 g/mol. The molecule has 0 aliphatic carbocycles. The molecule has 0 N–H and O–H groups in total. The van der Waals surface area contributed by atoms with E-state index in [1.165, 1.54) is 7.11 Å². The Hall–Kier alpha value is -1.20. The molecule has 0 saturated carbocycles. The third-order valence-corrected chi connectivity index (χ3v) is 3.02. The van der Waals surface area contributed by atoms with Crippen LogP contribution in [0.15, 0.2) is 23.1 Å². The van der Waals surface area contributed by atoms with Crippen molar-refractivity contribution in [3.8, 4) is 0 Å². The summed E-state index contributed by atoms with van der Waals surface area (Å²) in [5.41, 5.74) is 1.44. The SMILES string of the molecule is COC(=O)c1cc(S)ccc1N1CCOCC1. The highest BCUT2D eigenvalue weighted by atomic mass is 32.1. The summed E-state index contributed by atoms with van der Waals surface area (Å²) in [6.07, 6.45) is 0. The van der Waals surface area contributed by atoms with E-state index in [2.05, 4.69) is 17.5 Å². The van der Waals surface area contributed by atoms with Crippen LogP contribution in [0.1, 0.15) is 10.4 Å². The van der Waals surface area contributed by atoms with Gasteiger partial charge in [0.1, 0.15) is 0 Å². The van der Waals surface area contributed by atoms with Gasteiger partial charge < -0.3 is 14.4 Å². The highest BCUT2D eigenvalue weighted by Gasteiger charge is 2.19. The lowest BCUT2D eigenvalue weighted by molar-refractivity contribution is 0.0600. The average Bonchev–Trinajstić information content (AvgIpc) is 2.38. The first kappa shape index (κ1) is 12.3. The van der Waals surface area contributed by atoms with E-state index in [-0.39, 0.29) is 5.97 Å². The second-order valence-electron chi connectivity index (χ2n) is 3.79. The Morgan fingerprint density at radius 1 is 1.41 bits per heavy atom. The second kappa shape index (κ2) is 5.42. The number of hydrogen-bond acceptors (Lipinski definition) is 5. The van der Waals surface area contributed by atoms with Crippen molar-refractivity contribution in [2.75, 3.05) is 38.3 Å². The predicted molar refractivity (Wildman–Crippen MR) is 68.1 cm³/mol. The molecule has 1 saturated heterocycles. The number of nitrogens with zero attached hydrogens (tertiary/aromatic N) is 1. The molecule has 0 unspecified atom stereocenters. The van der Waals surface area contributed by atoms with Gasteiger partial charge in [0.25, 0.3) is 0 Å². The lowest BCUT2D eigenvalue weighted by atomic mass is 10.1. The molecule has 5 heteroatoms. The van der Waals surface area contributed by atoms with Crippen molar-refractivity contribution >= 4 is 24.3 Å². The molecule has 1 aliphatic rings. The fraction of sp³-hybridized carbons (Fsp3) is 0.417. The number of ether oxygens (including phenoxy) is 2. The molecular formula is C12H15NO3S. The smallest absolute Gasteiger partial charge is 0.340 e. The van der Waals surface area contributed by atoms with Gasteiger partial charge in [0.05, 0.1) is 31.6 Å². The van der Waals surface area contributed by atoms with E-state index in [1.807, 2.05) is 12.1 Å². The Labute approximate surface area is 106 Å². The highest BCUT2D eigenvalue weighted by Crippen LogP contribution is 2.25. The van der Waals surface area contributed by atoms with E-state index in [1.54, 1.807) is 6.07 Å². The van der Waals surface area contributed by atoms with Gasteiger partial charge in [0.2, 0.25) is 0 Å². The van der Waals surface area contributed by atoms with Gasteiger partial charge in [-0.05, 0) is 18.2 Å². The molecule has 0 aromatic heterocycles. The number of hydrogen-bond donors (Lipinski definition) is 1. The molecule has 0 bridgehead atoms. The molecule has 4 nitrogen and oxygen atoms in total. The third-order valence-electron chi connectivity index (χ3n) is 2.74. The van der Waals surface area contributed by atoms with Gasteiger partial charge in [-0.2, -0.15) is 0 Å². The molecule has 1 fully saturated rings. The number of carbonyl (C=O) groups excluding carboxylic acids is 1. The van der Waals surface area contributed by atoms with Crippen molar-refractivity contribution < 1.29 is 14.3 Å². The van der Waals surface area contributed by atoms with Crippen molar-refractivity contribution in [2.24, 2.45) is 0 Å². The first-order valence-electron chi connectivity index (χ1n) is 5.46. The summed E-state index contributed by atoms with van der Waals surface area (Å²) < 4.78 is 10.1. The standard InChI is InChI=1S/C12H15NO3S/c1-15-12(14)10-8-9(17)2-3-11(10)13-4-6-16-7-5-13/h2-3,8,17H,4-7H2,1H3. The minimum atomic E-state index is -0.331. The summed E-state index contributed by atoms with van der Waals surface area (Å²) in [4.78, 5) is 14.6. The van der Waals surface area contributed by atoms with Crippen LogP contribution in [0.25, 0.3) is 0 Å². The molecule has 0 radical (unpaired) electrons. The number of morpholine rings is 1. The van der Waals surface area contributed by atoms with Crippen LogP contribution in [-0.4, -0.2) is 39.4 Å². The van der Waals surface area contributed by atoms with E-state index < -0.39 is 0 Å². The first-order chi connectivity index (χ1) is 8.22. The van der Waals surface area contributed by atoms with E-state index in [4.69, 9.17) is 9.47 Å². The normalized spacial score (nSPS) is 15.8. The Morgan fingerprint density at radius 3 is 2.76 bits per heavy atom. The number of anilines is 1. The Bertz CT molecular complexity index is 416. The van der Waals surface area contributed by atoms with Crippen molar-refractivity contribution in [1.29, 1.82) is 0 Å². The Morgan fingerprint density at radius 2 is 2.12 bits per heavy atom. The summed E-state index contributed by atoms with van der Waals surface area (Å²) in [5.74, 6) is -0.331. The zero-order valence-electron chi connectivity index (χ0n) is 9.68. The highest BCUT2D eigenvalue weighted by molar-refractivity contribution is 7.80. The number of carbonyl (C=O) groups is 1. The van der Waals surface area contributed by atoms with Gasteiger partial charge in [0.15, 0.2) is 0 Å². The zero-order chi connectivity index (χ0) is 12.3. The third kappa shape index (κ3) is 2.73. The summed E-state index contributed by atoms with van der Waals surface area (Å²) in [6.45, 7) is 2.94. The van der Waals surface area contributed by atoms with Crippen LogP contribution < -0.4 is 4.90 Å². The maximum absolute atomic E-state index is 11.7. The predicted octanol–water partition coefficient (Wildman–Crippen LogP) is 1.60. The Balaban J connectivity index is 2.34. The van der Waals surface area contributed by atoms with Gasteiger partial charge in [-0.25, -0.2) is 4.79 Å². The van der Waals surface area contributed by atoms with Crippen LogP contribution >= 0.6 is 12.6 Å². The van der Waals surface area contributed by atoms with E-state index in [0.29, 0.717) is 18.8 Å². The molecule has 17 heavy (non-hydrogen) atoms. The summed E-state index contributed by atoms with van der Waals surface area (Å²) in [7, 11) is 1.39. The lowest BCUT2D eigenvalue weighted by Crippen LogP contribution is -2.37. The van der Waals surface area contributed by atoms with E-state index in [0.717, 1.165) is 23.7 Å². The van der Waals surface area contributed by atoms with Gasteiger partial charge in [-0.1, -0.05) is 0 Å². The van der Waals surface area contributed by atoms with Gasteiger partial charge >= 0.3 is 5.97 Å². The second-order valence-corrected chi connectivity index (χ2v) is 4.31. The van der Waals surface area contributed by atoms with Crippen LogP contribution in [-0.2, 0) is 9.47 Å². The van der Waals surface area contributed by atoms with Crippen molar-refractivity contribution in [3.05, 3.63) is 23.8 Å². The fourth-order valence-electron chi connectivity index (χ4n) is 1.88. The van der Waals surface area contributed by atoms with Crippen LogP contribution in [0.4, 0.5) is 5.69 Å². The van der Waals surface area contributed by atoms with Crippen molar-refractivity contribution in [2.45, 2.75) is 4.90 Å². The lowest BCUT2D eigenvalue weighted by Gasteiger charge is -2.30. The van der Waals surface area contributed by atoms with Gasteiger partial charge in [-0.3, -0.25) is 0 Å². The average molecular weight is 253 g/mol. The fourth-order valence-corrected chi connectivity index (χ4v) is 2.08. The zero-order valence-corrected chi connectivity index (χ0v) is 10.6. The van der Waals surface area contributed by atoms with E-state index in [9.17, 15) is 4.79 Å². The molecule has 0 amide bonds. The summed E-state index contributed by atoms with van der Waals surface area (Å²) in [6, 6.07) is 5.51. The van der Waals surface area contributed by atoms with Gasteiger partial charge in [-0.15, -0.1) is 12.6 Å². The molecule has 1 aromatic carbocycles. The molecule has 1 heterocycles. The number of esters is 1. The molecule has 0 atom stereocenters.